The Morgan fingerprint density at radius 2 is 1.95 bits per heavy atom. The molecule has 1 aromatic carbocycles. The average Bonchev–Trinajstić information content (AvgIpc) is 2.39. The molecule has 0 bridgehead atoms. The summed E-state index contributed by atoms with van der Waals surface area (Å²) >= 11 is 3.32. The van der Waals surface area contributed by atoms with Crippen LogP contribution in [0.15, 0.2) is 22.7 Å². The maximum absolute atomic E-state index is 11.8. The molecule has 0 aliphatic rings. The van der Waals surface area contributed by atoms with Crippen LogP contribution in [-0.2, 0) is 9.59 Å². The summed E-state index contributed by atoms with van der Waals surface area (Å²) < 4.78 is 0.692. The zero-order valence-electron chi connectivity index (χ0n) is 11.2. The maximum atomic E-state index is 11.8. The molecule has 0 aromatic heterocycles. The quantitative estimate of drug-likeness (QED) is 0.622. The molecule has 7 nitrogen and oxygen atoms in total. The molecule has 0 heterocycles. The van der Waals surface area contributed by atoms with Crippen LogP contribution in [-0.4, -0.2) is 34.2 Å². The van der Waals surface area contributed by atoms with Crippen LogP contribution in [0.1, 0.15) is 18.4 Å². The van der Waals surface area contributed by atoms with Crippen LogP contribution < -0.4 is 10.6 Å². The lowest BCUT2D eigenvalue weighted by Crippen LogP contribution is -2.43. The van der Waals surface area contributed by atoms with E-state index in [4.69, 9.17) is 10.2 Å². The predicted molar refractivity (Wildman–Crippen MR) is 79.3 cm³/mol. The van der Waals surface area contributed by atoms with E-state index in [9.17, 15) is 14.4 Å². The Hall–Kier alpha value is -2.09. The number of rotatable bonds is 6. The molecular weight excluding hydrogens is 344 g/mol. The van der Waals surface area contributed by atoms with E-state index < -0.39 is 24.0 Å². The van der Waals surface area contributed by atoms with Crippen molar-refractivity contribution >= 4 is 39.6 Å². The largest absolute Gasteiger partial charge is 0.481 e. The van der Waals surface area contributed by atoms with Crippen LogP contribution in [0.2, 0.25) is 0 Å². The van der Waals surface area contributed by atoms with Gasteiger partial charge in [0.1, 0.15) is 6.04 Å². The first kappa shape index (κ1) is 17.0. The molecule has 0 saturated carbocycles. The van der Waals surface area contributed by atoms with Gasteiger partial charge in [0, 0.05) is 10.9 Å². The van der Waals surface area contributed by atoms with Gasteiger partial charge in [-0.25, -0.2) is 9.59 Å². The molecule has 1 aromatic rings. The molecule has 4 N–H and O–H groups in total. The van der Waals surface area contributed by atoms with Crippen LogP contribution in [0.4, 0.5) is 10.5 Å². The number of carboxylic acid groups (broad SMARTS) is 2. The highest BCUT2D eigenvalue weighted by Gasteiger charge is 2.21. The van der Waals surface area contributed by atoms with Crippen LogP contribution in [0.25, 0.3) is 0 Å². The lowest BCUT2D eigenvalue weighted by molar-refractivity contribution is -0.140. The average molecular weight is 359 g/mol. The van der Waals surface area contributed by atoms with Gasteiger partial charge in [0.25, 0.3) is 0 Å². The number of carbonyl (C=O) groups excluding carboxylic acids is 1. The molecule has 1 unspecified atom stereocenters. The number of carbonyl (C=O) groups is 3. The van der Waals surface area contributed by atoms with Gasteiger partial charge < -0.3 is 20.8 Å². The summed E-state index contributed by atoms with van der Waals surface area (Å²) in [5.41, 5.74) is 1.41. The molecule has 2 amide bonds. The minimum atomic E-state index is -1.28. The number of anilines is 1. The first-order valence-electron chi connectivity index (χ1n) is 6.08. The topological polar surface area (TPSA) is 116 Å². The molecule has 8 heteroatoms. The fourth-order valence-corrected chi connectivity index (χ4v) is 1.95. The van der Waals surface area contributed by atoms with Crippen molar-refractivity contribution in [2.24, 2.45) is 0 Å². The number of nitrogens with one attached hydrogen (secondary N) is 2. The van der Waals surface area contributed by atoms with Crippen molar-refractivity contribution in [1.82, 2.24) is 5.32 Å². The zero-order valence-corrected chi connectivity index (χ0v) is 12.8. The molecule has 1 atom stereocenters. The van der Waals surface area contributed by atoms with E-state index in [1.807, 2.05) is 13.0 Å². The Labute approximate surface area is 129 Å². The smallest absolute Gasteiger partial charge is 0.326 e. The number of amides is 2. The number of hydrogen-bond donors (Lipinski definition) is 4. The highest BCUT2D eigenvalue weighted by molar-refractivity contribution is 9.10. The third-order valence-corrected chi connectivity index (χ3v) is 3.74. The molecule has 0 aliphatic carbocycles. The van der Waals surface area contributed by atoms with Crippen LogP contribution in [0.3, 0.4) is 0 Å². The molecule has 0 aliphatic heterocycles. The maximum Gasteiger partial charge on any atom is 0.326 e. The highest BCUT2D eigenvalue weighted by Crippen LogP contribution is 2.25. The Morgan fingerprint density at radius 3 is 2.52 bits per heavy atom. The van der Waals surface area contributed by atoms with Gasteiger partial charge in [0.15, 0.2) is 0 Å². The van der Waals surface area contributed by atoms with E-state index in [1.165, 1.54) is 0 Å². The zero-order chi connectivity index (χ0) is 16.0. The predicted octanol–water partition coefficient (Wildman–Crippen LogP) is 2.20. The van der Waals surface area contributed by atoms with Gasteiger partial charge in [-0.3, -0.25) is 4.79 Å². The van der Waals surface area contributed by atoms with Gasteiger partial charge in [-0.15, -0.1) is 0 Å². The molecule has 21 heavy (non-hydrogen) atoms. The summed E-state index contributed by atoms with van der Waals surface area (Å²) in [6.45, 7) is 1.85. The standard InChI is InChI=1S/C13H15BrN2O5/c1-7-3-2-4-8(11(7)14)15-13(21)16-9(12(19)20)5-6-10(17)18/h2-4,9H,5-6H2,1H3,(H,17,18)(H,19,20)(H2,15,16,21). The van der Waals surface area contributed by atoms with Gasteiger partial charge in [-0.2, -0.15) is 0 Å². The lowest BCUT2D eigenvalue weighted by atomic mass is 10.1. The number of carboxylic acids is 2. The molecular formula is C13H15BrN2O5. The number of benzene rings is 1. The minimum Gasteiger partial charge on any atom is -0.481 e. The number of hydrogen-bond acceptors (Lipinski definition) is 3. The summed E-state index contributed by atoms with van der Waals surface area (Å²) in [5.74, 6) is -2.40. The summed E-state index contributed by atoms with van der Waals surface area (Å²) in [7, 11) is 0. The molecule has 0 spiro atoms. The Balaban J connectivity index is 2.67. The number of aliphatic carboxylic acids is 2. The van der Waals surface area contributed by atoms with Gasteiger partial charge >= 0.3 is 18.0 Å². The third-order valence-electron chi connectivity index (χ3n) is 2.69. The van der Waals surface area contributed by atoms with Gasteiger partial charge in [0.05, 0.1) is 5.69 Å². The van der Waals surface area contributed by atoms with Crippen molar-refractivity contribution in [3.8, 4) is 0 Å². The fraction of sp³-hybridized carbons (Fsp3) is 0.308. The van der Waals surface area contributed by atoms with Crippen LogP contribution in [0.5, 0.6) is 0 Å². The van der Waals surface area contributed by atoms with Crippen molar-refractivity contribution in [1.29, 1.82) is 0 Å². The summed E-state index contributed by atoms with van der Waals surface area (Å²) in [6.07, 6.45) is -0.529. The Kier molecular flexibility index (Phi) is 6.16. The highest BCUT2D eigenvalue weighted by atomic mass is 79.9. The second-order valence-corrected chi connectivity index (χ2v) is 5.15. The van der Waals surface area contributed by atoms with Gasteiger partial charge in [-0.1, -0.05) is 12.1 Å². The molecule has 114 valence electrons. The van der Waals surface area contributed by atoms with E-state index in [0.717, 1.165) is 5.56 Å². The van der Waals surface area contributed by atoms with E-state index in [-0.39, 0.29) is 12.8 Å². The normalized spacial score (nSPS) is 11.5. The van der Waals surface area contributed by atoms with Crippen molar-refractivity contribution in [2.75, 3.05) is 5.32 Å². The number of urea groups is 1. The first-order chi connectivity index (χ1) is 9.81. The number of halogens is 1. The van der Waals surface area contributed by atoms with Crippen molar-refractivity contribution in [3.05, 3.63) is 28.2 Å². The summed E-state index contributed by atoms with van der Waals surface area (Å²) in [6, 6.07) is 3.28. The molecule has 0 saturated heterocycles. The number of aryl methyl sites for hydroxylation is 1. The third kappa shape index (κ3) is 5.42. The first-order valence-corrected chi connectivity index (χ1v) is 6.87. The van der Waals surface area contributed by atoms with Crippen LogP contribution >= 0.6 is 15.9 Å². The molecule has 0 radical (unpaired) electrons. The fourth-order valence-electron chi connectivity index (χ4n) is 1.59. The Morgan fingerprint density at radius 1 is 1.29 bits per heavy atom. The lowest BCUT2D eigenvalue weighted by Gasteiger charge is -2.15. The van der Waals surface area contributed by atoms with Gasteiger partial charge in [-0.05, 0) is 40.9 Å². The van der Waals surface area contributed by atoms with E-state index in [1.54, 1.807) is 12.1 Å². The van der Waals surface area contributed by atoms with Crippen molar-refractivity contribution in [3.63, 3.8) is 0 Å². The molecule has 1 rings (SSSR count). The SMILES string of the molecule is Cc1cccc(NC(=O)NC(CCC(=O)O)C(=O)O)c1Br. The second-order valence-electron chi connectivity index (χ2n) is 4.36. The summed E-state index contributed by atoms with van der Waals surface area (Å²) in [5, 5.41) is 22.3. The molecule has 0 fully saturated rings. The minimum absolute atomic E-state index is 0.187. The summed E-state index contributed by atoms with van der Waals surface area (Å²) in [4.78, 5) is 33.2. The van der Waals surface area contributed by atoms with E-state index in [0.29, 0.717) is 10.2 Å². The van der Waals surface area contributed by atoms with Crippen molar-refractivity contribution < 1.29 is 24.6 Å². The van der Waals surface area contributed by atoms with E-state index >= 15 is 0 Å². The van der Waals surface area contributed by atoms with Crippen molar-refractivity contribution in [2.45, 2.75) is 25.8 Å². The van der Waals surface area contributed by atoms with Gasteiger partial charge in [0.2, 0.25) is 0 Å². The monoisotopic (exact) mass is 358 g/mol. The van der Waals surface area contributed by atoms with E-state index in [2.05, 4.69) is 26.6 Å². The Bertz CT molecular complexity index is 561. The van der Waals surface area contributed by atoms with Crippen LogP contribution in [0, 0.1) is 6.92 Å². The second kappa shape index (κ2) is 7.63.